The number of hydrogen-bond donors (Lipinski definition) is 1. The summed E-state index contributed by atoms with van der Waals surface area (Å²) >= 11 is 0.823. The van der Waals surface area contributed by atoms with Gasteiger partial charge in [0.05, 0.1) is 16.3 Å². The quantitative estimate of drug-likeness (QED) is 0.181. The van der Waals surface area contributed by atoms with Gasteiger partial charge >= 0.3 is 6.18 Å². The van der Waals surface area contributed by atoms with Crippen LogP contribution in [0.4, 0.5) is 27.1 Å². The number of carbonyl (C=O) groups excluding carboxylic acids is 2. The molecule has 0 atom stereocenters. The number of benzene rings is 1. The zero-order valence-electron chi connectivity index (χ0n) is 17.4. The Balaban J connectivity index is 2.23. The normalized spacial score (nSPS) is 12.7. The van der Waals surface area contributed by atoms with Crippen LogP contribution in [0.25, 0.3) is 10.4 Å². The van der Waals surface area contributed by atoms with Gasteiger partial charge in [0.15, 0.2) is 10.9 Å². The van der Waals surface area contributed by atoms with Crippen LogP contribution in [-0.4, -0.2) is 16.7 Å². The molecule has 0 aliphatic carbocycles. The molecule has 1 aromatic carbocycles. The minimum atomic E-state index is -4.56. The number of ketones is 1. The molecule has 0 aliphatic rings. The molecule has 0 saturated carbocycles. The van der Waals surface area contributed by atoms with Gasteiger partial charge in [-0.3, -0.25) is 14.9 Å². The van der Waals surface area contributed by atoms with E-state index in [9.17, 15) is 31.5 Å². The van der Waals surface area contributed by atoms with E-state index in [-0.39, 0.29) is 39.9 Å². The van der Waals surface area contributed by atoms with Crippen molar-refractivity contribution in [3.8, 4) is 10.4 Å². The maximum atomic E-state index is 13.9. The summed E-state index contributed by atoms with van der Waals surface area (Å²) in [5.41, 5.74) is -0.816. The lowest BCUT2D eigenvalue weighted by atomic mass is 10.1. The fourth-order valence-electron chi connectivity index (χ4n) is 2.69. The molecule has 0 radical (unpaired) electrons. The Bertz CT molecular complexity index is 1040. The first kappa shape index (κ1) is 25.4. The van der Waals surface area contributed by atoms with E-state index in [0.29, 0.717) is 12.8 Å². The lowest BCUT2D eigenvalue weighted by molar-refractivity contribution is -0.137. The number of amides is 1. The van der Waals surface area contributed by atoms with E-state index < -0.39 is 29.3 Å². The molecule has 1 heterocycles. The van der Waals surface area contributed by atoms with Crippen LogP contribution in [0, 0.1) is 0 Å². The Kier molecular flexibility index (Phi) is 8.82. The van der Waals surface area contributed by atoms with Crippen LogP contribution in [0.1, 0.15) is 55.6 Å². The Labute approximate surface area is 185 Å². The number of anilines is 1. The Hall–Kier alpha value is -2.88. The SMILES string of the molecule is CCC(=O)c1nc(NC(=O)/C=C(\F)CCC/C=C(\C)F)sc1-c1cccc(C(F)(F)F)c1. The smallest absolute Gasteiger partial charge is 0.298 e. The van der Waals surface area contributed by atoms with Crippen molar-refractivity contribution in [1.82, 2.24) is 4.98 Å². The van der Waals surface area contributed by atoms with Crippen molar-refractivity contribution in [1.29, 1.82) is 0 Å². The monoisotopic (exact) mass is 472 g/mol. The number of Topliss-reactive ketones (excluding diaryl/α,β-unsaturated/α-hetero) is 1. The van der Waals surface area contributed by atoms with Crippen LogP contribution in [0.3, 0.4) is 0 Å². The number of aromatic nitrogens is 1. The van der Waals surface area contributed by atoms with Gasteiger partial charge in [-0.05, 0) is 43.9 Å². The summed E-state index contributed by atoms with van der Waals surface area (Å²) in [6.07, 6.45) is -1.91. The Morgan fingerprint density at radius 3 is 2.56 bits per heavy atom. The Morgan fingerprint density at radius 1 is 1.22 bits per heavy atom. The maximum Gasteiger partial charge on any atom is 0.416 e. The highest BCUT2D eigenvalue weighted by atomic mass is 32.1. The van der Waals surface area contributed by atoms with Crippen molar-refractivity contribution in [3.05, 3.63) is 59.3 Å². The summed E-state index contributed by atoms with van der Waals surface area (Å²) in [6.45, 7) is 2.85. The molecule has 10 heteroatoms. The second-order valence-electron chi connectivity index (χ2n) is 6.82. The van der Waals surface area contributed by atoms with Crippen molar-refractivity contribution < 1.29 is 31.5 Å². The summed E-state index contributed by atoms with van der Waals surface area (Å²) in [5.74, 6) is -2.33. The first-order valence-corrected chi connectivity index (χ1v) is 10.5. The molecule has 0 aliphatic heterocycles. The number of nitrogens with zero attached hydrogens (tertiary/aromatic N) is 1. The number of allylic oxidation sites excluding steroid dienone is 3. The van der Waals surface area contributed by atoms with Gasteiger partial charge in [-0.25, -0.2) is 13.8 Å². The van der Waals surface area contributed by atoms with Crippen LogP contribution < -0.4 is 5.32 Å². The second-order valence-corrected chi connectivity index (χ2v) is 7.81. The lowest BCUT2D eigenvalue weighted by Crippen LogP contribution is -2.09. The molecule has 1 amide bonds. The highest BCUT2D eigenvalue weighted by Crippen LogP contribution is 2.37. The molecule has 1 aromatic heterocycles. The van der Waals surface area contributed by atoms with Gasteiger partial charge in [-0.15, -0.1) is 0 Å². The molecule has 0 saturated heterocycles. The topological polar surface area (TPSA) is 59.1 Å². The molecular weight excluding hydrogens is 451 g/mol. The predicted octanol–water partition coefficient (Wildman–Crippen LogP) is 7.26. The molecule has 1 N–H and O–H groups in total. The van der Waals surface area contributed by atoms with Gasteiger partial charge in [0.2, 0.25) is 0 Å². The van der Waals surface area contributed by atoms with E-state index >= 15 is 0 Å². The van der Waals surface area contributed by atoms with Crippen molar-refractivity contribution >= 4 is 28.2 Å². The van der Waals surface area contributed by atoms with Crippen molar-refractivity contribution in [3.63, 3.8) is 0 Å². The molecule has 32 heavy (non-hydrogen) atoms. The number of thiazole rings is 1. The average Bonchev–Trinajstić information content (AvgIpc) is 3.13. The summed E-state index contributed by atoms with van der Waals surface area (Å²) in [4.78, 5) is 28.6. The summed E-state index contributed by atoms with van der Waals surface area (Å²) < 4.78 is 65.7. The molecule has 2 rings (SSSR count). The molecule has 0 spiro atoms. The molecule has 2 aromatic rings. The highest BCUT2D eigenvalue weighted by Gasteiger charge is 2.31. The van der Waals surface area contributed by atoms with Crippen LogP contribution in [0.2, 0.25) is 0 Å². The van der Waals surface area contributed by atoms with Gasteiger partial charge in [0, 0.05) is 12.5 Å². The van der Waals surface area contributed by atoms with Crippen LogP contribution in [0.5, 0.6) is 0 Å². The molecule has 4 nitrogen and oxygen atoms in total. The summed E-state index contributed by atoms with van der Waals surface area (Å²) in [5, 5.41) is 2.30. The number of alkyl halides is 3. The standard InChI is InChI=1S/C22H21F5N2O2S/c1-3-17(30)19-20(14-8-6-9-15(11-14)22(25,26)27)32-21(29-19)28-18(31)12-16(24)10-5-4-7-13(2)23/h6-9,11-12H,3-5,10H2,1-2H3,(H,28,29,31)/b13-7+,16-12-. The van der Waals surface area contributed by atoms with Gasteiger partial charge in [0.1, 0.15) is 11.5 Å². The van der Waals surface area contributed by atoms with Crippen molar-refractivity contribution in [2.45, 2.75) is 45.7 Å². The fourth-order valence-corrected chi connectivity index (χ4v) is 3.67. The van der Waals surface area contributed by atoms with Crippen molar-refractivity contribution in [2.75, 3.05) is 5.32 Å². The fraction of sp³-hybridized carbons (Fsp3) is 0.318. The molecule has 172 valence electrons. The first-order chi connectivity index (χ1) is 15.0. The minimum absolute atomic E-state index is 0.0424. The van der Waals surface area contributed by atoms with Gasteiger partial charge in [-0.1, -0.05) is 36.5 Å². The minimum Gasteiger partial charge on any atom is -0.298 e. The third-order valence-corrected chi connectivity index (χ3v) is 5.25. The van der Waals surface area contributed by atoms with E-state index in [1.807, 2.05) is 0 Å². The van der Waals surface area contributed by atoms with Crippen LogP contribution >= 0.6 is 11.3 Å². The predicted molar refractivity (Wildman–Crippen MR) is 114 cm³/mol. The average molecular weight is 472 g/mol. The molecule has 0 unspecified atom stereocenters. The van der Waals surface area contributed by atoms with E-state index in [1.54, 1.807) is 6.92 Å². The lowest BCUT2D eigenvalue weighted by Gasteiger charge is -2.08. The van der Waals surface area contributed by atoms with Crippen LogP contribution in [-0.2, 0) is 11.0 Å². The third kappa shape index (κ3) is 7.37. The molecule has 0 bridgehead atoms. The van der Waals surface area contributed by atoms with Crippen LogP contribution in [0.15, 0.2) is 48.1 Å². The van der Waals surface area contributed by atoms with Crippen molar-refractivity contribution in [2.24, 2.45) is 0 Å². The first-order valence-electron chi connectivity index (χ1n) is 9.72. The summed E-state index contributed by atoms with van der Waals surface area (Å²) in [7, 11) is 0. The number of nitrogens with one attached hydrogen (secondary N) is 1. The highest BCUT2D eigenvalue weighted by molar-refractivity contribution is 7.19. The zero-order valence-corrected chi connectivity index (χ0v) is 18.2. The molecule has 0 fully saturated rings. The largest absolute Gasteiger partial charge is 0.416 e. The van der Waals surface area contributed by atoms with E-state index in [4.69, 9.17) is 0 Å². The van der Waals surface area contributed by atoms with E-state index in [1.165, 1.54) is 25.1 Å². The molecular formula is C22H21F5N2O2S. The van der Waals surface area contributed by atoms with Gasteiger partial charge in [-0.2, -0.15) is 13.2 Å². The number of carbonyl (C=O) groups is 2. The zero-order chi connectivity index (χ0) is 23.9. The maximum absolute atomic E-state index is 13.9. The second kappa shape index (κ2) is 11.1. The van der Waals surface area contributed by atoms with E-state index in [2.05, 4.69) is 10.3 Å². The number of rotatable bonds is 9. The number of unbranched alkanes of at least 4 members (excludes halogenated alkanes) is 1. The third-order valence-electron chi connectivity index (χ3n) is 4.23. The number of halogens is 5. The van der Waals surface area contributed by atoms with Gasteiger partial charge in [0.25, 0.3) is 5.91 Å². The number of hydrogen-bond acceptors (Lipinski definition) is 4. The van der Waals surface area contributed by atoms with E-state index in [0.717, 1.165) is 29.5 Å². The summed E-state index contributed by atoms with van der Waals surface area (Å²) in [6, 6.07) is 4.44. The van der Waals surface area contributed by atoms with Gasteiger partial charge < -0.3 is 0 Å². The Morgan fingerprint density at radius 2 is 1.94 bits per heavy atom.